The molecule has 0 bridgehead atoms. The van der Waals surface area contributed by atoms with Crippen LogP contribution in [0.15, 0.2) is 48.2 Å². The minimum atomic E-state index is -0.914. The minimum Gasteiger partial charge on any atom is -0.355 e. The highest BCUT2D eigenvalue weighted by Crippen LogP contribution is 2.13. The molecule has 1 rings (SSSR count). The molecule has 0 aliphatic carbocycles. The first-order valence-electron chi connectivity index (χ1n) is 17.7. The third-order valence-electron chi connectivity index (χ3n) is 8.64. The molecule has 2 unspecified atom stereocenters. The van der Waals surface area contributed by atoms with Gasteiger partial charge in [-0.15, -0.1) is 0 Å². The number of carbonyl (C=O) groups is 5. The fourth-order valence-electron chi connectivity index (χ4n) is 5.27. The highest BCUT2D eigenvalue weighted by atomic mass is 16.5. The van der Waals surface area contributed by atoms with Crippen LogP contribution in [0.2, 0.25) is 0 Å². The Balaban J connectivity index is 3.20. The summed E-state index contributed by atoms with van der Waals surface area (Å²) in [5.41, 5.74) is 4.18. The number of likely N-dealkylation sites (N-methyl/N-ethyl adjacent to an activating group) is 1. The van der Waals surface area contributed by atoms with Crippen LogP contribution in [0.3, 0.4) is 0 Å². The summed E-state index contributed by atoms with van der Waals surface area (Å²) >= 11 is 0. The Morgan fingerprint density at radius 2 is 1.52 bits per heavy atom. The molecule has 13 nitrogen and oxygen atoms in total. The number of carbonyl (C=O) groups excluding carboxylic acids is 5. The average Bonchev–Trinajstić information content (AvgIpc) is 3.08. The molecule has 280 valence electrons. The third kappa shape index (κ3) is 14.7. The monoisotopic (exact) mass is 699 g/mol. The SMILES string of the molecule is C/C=C(\C=C/NO)C(=O)N[C@H](C(=O)NC(CCC)C(=O)N[C@H](CNC(C)C(=O)N[C@H](C(=O)NCC)C(C)C)Cc1ccccc1C)[C@@H](C)CC. The first kappa shape index (κ1) is 43.8. The van der Waals surface area contributed by atoms with Crippen LogP contribution in [0.1, 0.15) is 85.8 Å². The van der Waals surface area contributed by atoms with Gasteiger partial charge in [0.15, 0.2) is 0 Å². The van der Waals surface area contributed by atoms with E-state index in [0.29, 0.717) is 32.2 Å². The van der Waals surface area contributed by atoms with Crippen molar-refractivity contribution in [3.63, 3.8) is 0 Å². The maximum Gasteiger partial charge on any atom is 0.251 e. The first-order valence-corrected chi connectivity index (χ1v) is 17.7. The van der Waals surface area contributed by atoms with E-state index in [2.05, 4.69) is 31.9 Å². The number of hydrogen-bond donors (Lipinski definition) is 8. The maximum absolute atomic E-state index is 13.8. The number of hydrogen-bond acceptors (Lipinski definition) is 8. The number of hydroxylamine groups is 1. The fraction of sp³-hybridized carbons (Fsp3) is 0.595. The largest absolute Gasteiger partial charge is 0.355 e. The zero-order chi connectivity index (χ0) is 37.8. The van der Waals surface area contributed by atoms with Crippen LogP contribution in [-0.2, 0) is 30.4 Å². The van der Waals surface area contributed by atoms with E-state index in [1.807, 2.05) is 78.2 Å². The number of amides is 5. The predicted molar refractivity (Wildman–Crippen MR) is 196 cm³/mol. The number of nitrogens with one attached hydrogen (secondary N) is 7. The van der Waals surface area contributed by atoms with Crippen molar-refractivity contribution in [2.24, 2.45) is 11.8 Å². The highest BCUT2D eigenvalue weighted by molar-refractivity contribution is 5.99. The number of benzene rings is 1. The van der Waals surface area contributed by atoms with E-state index in [1.165, 1.54) is 12.3 Å². The topological polar surface area (TPSA) is 190 Å². The molecular formula is C37H61N7O6. The molecule has 0 aliphatic rings. The third-order valence-corrected chi connectivity index (χ3v) is 8.64. The van der Waals surface area contributed by atoms with Crippen molar-refractivity contribution < 1.29 is 29.2 Å². The van der Waals surface area contributed by atoms with Gasteiger partial charge < -0.3 is 31.9 Å². The molecule has 13 heteroatoms. The Morgan fingerprint density at radius 3 is 2.08 bits per heavy atom. The summed E-state index contributed by atoms with van der Waals surface area (Å²) in [6.07, 6.45) is 6.17. The van der Waals surface area contributed by atoms with Crippen LogP contribution in [-0.4, -0.2) is 78.0 Å². The second-order valence-electron chi connectivity index (χ2n) is 13.0. The van der Waals surface area contributed by atoms with Crippen molar-refractivity contribution in [3.8, 4) is 0 Å². The summed E-state index contributed by atoms with van der Waals surface area (Å²) < 4.78 is 0. The Hall–Kier alpha value is -4.23. The molecule has 1 aromatic carbocycles. The molecule has 0 aliphatic heterocycles. The van der Waals surface area contributed by atoms with Gasteiger partial charge in [-0.2, -0.15) is 0 Å². The Bertz CT molecular complexity index is 1310. The van der Waals surface area contributed by atoms with Crippen molar-refractivity contribution in [2.45, 2.75) is 118 Å². The molecule has 0 fully saturated rings. The molecule has 8 N–H and O–H groups in total. The summed E-state index contributed by atoms with van der Waals surface area (Å²) in [5, 5.41) is 26.5. The highest BCUT2D eigenvalue weighted by Gasteiger charge is 2.31. The van der Waals surface area contributed by atoms with E-state index in [9.17, 15) is 24.0 Å². The molecule has 0 saturated heterocycles. The zero-order valence-electron chi connectivity index (χ0n) is 31.3. The lowest BCUT2D eigenvalue weighted by Crippen LogP contribution is -2.58. The zero-order valence-corrected chi connectivity index (χ0v) is 31.3. The summed E-state index contributed by atoms with van der Waals surface area (Å²) in [4.78, 5) is 66.1. The summed E-state index contributed by atoms with van der Waals surface area (Å²) in [6, 6.07) is 4.25. The van der Waals surface area contributed by atoms with Gasteiger partial charge >= 0.3 is 0 Å². The quantitative estimate of drug-likeness (QED) is 0.0515. The lowest BCUT2D eigenvalue weighted by molar-refractivity contribution is -0.132. The van der Waals surface area contributed by atoms with Crippen LogP contribution in [0, 0.1) is 18.8 Å². The van der Waals surface area contributed by atoms with Crippen molar-refractivity contribution in [2.75, 3.05) is 13.1 Å². The van der Waals surface area contributed by atoms with Gasteiger partial charge in [0.1, 0.15) is 18.1 Å². The van der Waals surface area contributed by atoms with Crippen molar-refractivity contribution in [1.29, 1.82) is 0 Å². The van der Waals surface area contributed by atoms with Gasteiger partial charge in [0.25, 0.3) is 5.91 Å². The lowest BCUT2D eigenvalue weighted by Gasteiger charge is -2.29. The molecule has 1 aromatic rings. The Labute approximate surface area is 298 Å². The number of rotatable bonds is 22. The van der Waals surface area contributed by atoms with E-state index < -0.39 is 42.0 Å². The molecule has 0 radical (unpaired) electrons. The van der Waals surface area contributed by atoms with Gasteiger partial charge in [-0.3, -0.25) is 34.7 Å². The predicted octanol–water partition coefficient (Wildman–Crippen LogP) is 2.53. The van der Waals surface area contributed by atoms with E-state index in [-0.39, 0.29) is 41.7 Å². The van der Waals surface area contributed by atoms with Crippen LogP contribution in [0.5, 0.6) is 0 Å². The maximum atomic E-state index is 13.8. The van der Waals surface area contributed by atoms with E-state index in [1.54, 1.807) is 19.9 Å². The number of allylic oxidation sites excluding steroid dienone is 1. The summed E-state index contributed by atoms with van der Waals surface area (Å²) in [6.45, 7) is 17.3. The van der Waals surface area contributed by atoms with Gasteiger partial charge in [-0.25, -0.2) is 0 Å². The second-order valence-corrected chi connectivity index (χ2v) is 13.0. The minimum absolute atomic E-state index is 0.115. The van der Waals surface area contributed by atoms with Gasteiger partial charge in [0.2, 0.25) is 23.6 Å². The van der Waals surface area contributed by atoms with Crippen molar-refractivity contribution >= 4 is 29.5 Å². The van der Waals surface area contributed by atoms with Crippen LogP contribution in [0.4, 0.5) is 0 Å². The summed E-state index contributed by atoms with van der Waals surface area (Å²) in [5.74, 6) is -2.30. The van der Waals surface area contributed by atoms with E-state index >= 15 is 0 Å². The Kier molecular flexibility index (Phi) is 20.3. The normalized spacial score (nSPS) is 15.3. The molecule has 0 spiro atoms. The number of aryl methyl sites for hydroxylation is 1. The van der Waals surface area contributed by atoms with Gasteiger partial charge in [-0.1, -0.05) is 77.8 Å². The van der Waals surface area contributed by atoms with Crippen molar-refractivity contribution in [1.82, 2.24) is 37.4 Å². The van der Waals surface area contributed by atoms with E-state index in [4.69, 9.17) is 5.21 Å². The second kappa shape index (κ2) is 23.2. The molecule has 50 heavy (non-hydrogen) atoms. The molecule has 0 heterocycles. The standard InChI is InChI=1S/C37H61N7O6/c1-10-16-30(42-37(49)32(24(7)11-2)44-34(46)27(12-3)19-20-40-50)35(47)41-29(21-28-18-15-14-17-25(28)8)22-39-26(9)33(45)43-31(23(5)6)36(48)38-13-4/h12,14-15,17-20,23-24,26,29-32,39-40,50H,10-11,13,16,21-22H2,1-9H3,(H,38,48)(H,41,47)(H,42,49)(H,43,45)(H,44,46)/b20-19-,27-12+/t24-,26?,29-,30?,31-,32-/m0/s1. The molecule has 0 saturated carbocycles. The first-order chi connectivity index (χ1) is 23.7. The van der Waals surface area contributed by atoms with Crippen LogP contribution >= 0.6 is 0 Å². The summed E-state index contributed by atoms with van der Waals surface area (Å²) in [7, 11) is 0. The fourth-order valence-corrected chi connectivity index (χ4v) is 5.27. The van der Waals surface area contributed by atoms with E-state index in [0.717, 1.165) is 11.1 Å². The van der Waals surface area contributed by atoms with Crippen LogP contribution < -0.4 is 37.4 Å². The van der Waals surface area contributed by atoms with Gasteiger partial charge in [0, 0.05) is 30.9 Å². The van der Waals surface area contributed by atoms with Crippen molar-refractivity contribution in [3.05, 3.63) is 59.3 Å². The van der Waals surface area contributed by atoms with Gasteiger partial charge in [-0.05, 0) is 69.6 Å². The van der Waals surface area contributed by atoms with Crippen LogP contribution in [0.25, 0.3) is 0 Å². The molecular weight excluding hydrogens is 638 g/mol. The molecule has 0 aromatic heterocycles. The molecule has 5 amide bonds. The smallest absolute Gasteiger partial charge is 0.251 e. The molecule has 6 atom stereocenters. The average molecular weight is 700 g/mol. The van der Waals surface area contributed by atoms with Gasteiger partial charge in [0.05, 0.1) is 6.04 Å². The lowest BCUT2D eigenvalue weighted by atomic mass is 9.97. The Morgan fingerprint density at radius 1 is 0.840 bits per heavy atom.